The summed E-state index contributed by atoms with van der Waals surface area (Å²) in [5.41, 5.74) is 2.10. The molecule has 1 amide bonds. The number of rotatable bonds is 9. The number of benzene rings is 2. The van der Waals surface area contributed by atoms with Gasteiger partial charge in [0, 0.05) is 24.2 Å². The van der Waals surface area contributed by atoms with Gasteiger partial charge in [0.15, 0.2) is 16.3 Å². The zero-order valence-corrected chi connectivity index (χ0v) is 24.0. The summed E-state index contributed by atoms with van der Waals surface area (Å²) in [5.74, 6) is 1.81. The molecule has 3 aromatic rings. The van der Waals surface area contributed by atoms with E-state index in [4.69, 9.17) is 23.9 Å². The number of ether oxygens (including phenoxy) is 4. The lowest BCUT2D eigenvalue weighted by Gasteiger charge is -2.29. The molecule has 10 heteroatoms. The smallest absolute Gasteiger partial charge is 0.271 e. The Bertz CT molecular complexity index is 1600. The number of likely N-dealkylation sites (N-methyl/N-ethyl adjacent to an activating group) is 1. The van der Waals surface area contributed by atoms with Crippen LogP contribution in [0.5, 0.6) is 23.0 Å². The summed E-state index contributed by atoms with van der Waals surface area (Å²) < 4.78 is 24.2. The molecule has 1 atom stereocenters. The number of nitrogens with zero attached hydrogens (tertiary/aromatic N) is 3. The summed E-state index contributed by atoms with van der Waals surface area (Å²) in [6, 6.07) is 10.3. The molecule has 0 bridgehead atoms. The highest BCUT2D eigenvalue weighted by Gasteiger charge is 2.35. The number of aromatic nitrogens is 1. The standard InChI is InChI=1S/C29H33N3O6S/c1-8-31(9-2)28(34)23-17(3)30-29-32(24(23)19-12-10-11-13-20(19)35-4)27(33)22(39-29)16-18-14-15-21(36-5)26(38-7)25(18)37-6/h10-16,24H,8-9H2,1-7H3/b22-16+/t24-/m1/s1. The lowest BCUT2D eigenvalue weighted by molar-refractivity contribution is -0.127. The van der Waals surface area contributed by atoms with E-state index < -0.39 is 6.04 Å². The molecule has 0 unspecified atom stereocenters. The minimum Gasteiger partial charge on any atom is -0.496 e. The number of carbonyl (C=O) groups is 1. The third-order valence-electron chi connectivity index (χ3n) is 6.76. The molecule has 0 saturated carbocycles. The minimum absolute atomic E-state index is 0.159. The van der Waals surface area contributed by atoms with Crippen LogP contribution in [0.4, 0.5) is 0 Å². The molecule has 4 rings (SSSR count). The Hall–Kier alpha value is -4.05. The van der Waals surface area contributed by atoms with Crippen LogP contribution in [0.3, 0.4) is 0 Å². The topological polar surface area (TPSA) is 91.6 Å². The Labute approximate surface area is 231 Å². The fourth-order valence-corrected chi connectivity index (χ4v) is 5.88. The van der Waals surface area contributed by atoms with Crippen LogP contribution in [0.1, 0.15) is 37.9 Å². The van der Waals surface area contributed by atoms with Gasteiger partial charge in [-0.3, -0.25) is 14.2 Å². The molecule has 0 aliphatic carbocycles. The van der Waals surface area contributed by atoms with Gasteiger partial charge in [0.25, 0.3) is 11.5 Å². The highest BCUT2D eigenvalue weighted by atomic mass is 32.1. The molecule has 2 aromatic carbocycles. The van der Waals surface area contributed by atoms with E-state index in [0.717, 1.165) is 0 Å². The molecule has 9 nitrogen and oxygen atoms in total. The Kier molecular flexibility index (Phi) is 8.44. The molecular formula is C29H33N3O6S. The second-order valence-electron chi connectivity index (χ2n) is 8.72. The number of thiazole rings is 1. The number of hydrogen-bond donors (Lipinski definition) is 0. The first-order chi connectivity index (χ1) is 18.8. The lowest BCUT2D eigenvalue weighted by Crippen LogP contribution is -2.43. The van der Waals surface area contributed by atoms with Crippen molar-refractivity contribution in [1.29, 1.82) is 0 Å². The van der Waals surface area contributed by atoms with E-state index in [-0.39, 0.29) is 11.5 Å². The van der Waals surface area contributed by atoms with Crippen LogP contribution < -0.4 is 33.8 Å². The Morgan fingerprint density at radius 3 is 2.26 bits per heavy atom. The Morgan fingerprint density at radius 2 is 1.64 bits per heavy atom. The number of hydrogen-bond acceptors (Lipinski definition) is 8. The van der Waals surface area contributed by atoms with E-state index in [9.17, 15) is 9.59 Å². The van der Waals surface area contributed by atoms with Crippen molar-refractivity contribution < 1.29 is 23.7 Å². The fraction of sp³-hybridized carbons (Fsp3) is 0.345. The van der Waals surface area contributed by atoms with Gasteiger partial charge < -0.3 is 23.8 Å². The van der Waals surface area contributed by atoms with Crippen molar-refractivity contribution in [2.24, 2.45) is 4.99 Å². The predicted molar refractivity (Wildman–Crippen MR) is 151 cm³/mol. The fourth-order valence-electron chi connectivity index (χ4n) is 4.84. The molecule has 206 valence electrons. The lowest BCUT2D eigenvalue weighted by atomic mass is 9.94. The number of methoxy groups -OCH3 is 4. The van der Waals surface area contributed by atoms with E-state index in [0.29, 0.717) is 67.8 Å². The maximum atomic E-state index is 14.1. The largest absolute Gasteiger partial charge is 0.496 e. The zero-order chi connectivity index (χ0) is 28.3. The van der Waals surface area contributed by atoms with E-state index in [1.54, 1.807) is 41.9 Å². The summed E-state index contributed by atoms with van der Waals surface area (Å²) in [6.07, 6.45) is 1.75. The van der Waals surface area contributed by atoms with Crippen LogP contribution in [0.15, 0.2) is 57.5 Å². The molecule has 0 spiro atoms. The SMILES string of the molecule is CCN(CC)C(=O)C1=C(C)N=c2s/c(=C/c3ccc(OC)c(OC)c3OC)c(=O)n2[C@@H]1c1ccccc1OC. The van der Waals surface area contributed by atoms with Crippen LogP contribution in [0.25, 0.3) is 6.08 Å². The maximum absolute atomic E-state index is 14.1. The molecule has 1 aliphatic heterocycles. The summed E-state index contributed by atoms with van der Waals surface area (Å²) >= 11 is 1.25. The van der Waals surface area contributed by atoms with Crippen LogP contribution in [0.2, 0.25) is 0 Å². The quantitative estimate of drug-likeness (QED) is 0.406. The molecule has 39 heavy (non-hydrogen) atoms. The van der Waals surface area contributed by atoms with Crippen molar-refractivity contribution in [2.75, 3.05) is 41.5 Å². The molecule has 0 N–H and O–H groups in total. The number of carbonyl (C=O) groups excluding carboxylic acids is 1. The molecule has 1 aliphatic rings. The van der Waals surface area contributed by atoms with Crippen molar-refractivity contribution in [1.82, 2.24) is 9.47 Å². The number of fused-ring (bicyclic) bond motifs is 1. The monoisotopic (exact) mass is 551 g/mol. The van der Waals surface area contributed by atoms with Gasteiger partial charge in [-0.15, -0.1) is 0 Å². The van der Waals surface area contributed by atoms with Crippen molar-refractivity contribution in [3.05, 3.63) is 78.5 Å². The van der Waals surface area contributed by atoms with Gasteiger partial charge in [0.05, 0.1) is 44.2 Å². The summed E-state index contributed by atoms with van der Waals surface area (Å²) in [4.78, 5) is 34.8. The molecule has 1 aromatic heterocycles. The van der Waals surface area contributed by atoms with Gasteiger partial charge >= 0.3 is 0 Å². The van der Waals surface area contributed by atoms with Crippen molar-refractivity contribution in [3.63, 3.8) is 0 Å². The van der Waals surface area contributed by atoms with Gasteiger partial charge in [-0.1, -0.05) is 29.5 Å². The molecule has 2 heterocycles. The summed E-state index contributed by atoms with van der Waals surface area (Å²) in [6.45, 7) is 6.75. The third kappa shape index (κ3) is 4.92. The molecule has 0 radical (unpaired) electrons. The average molecular weight is 552 g/mol. The van der Waals surface area contributed by atoms with E-state index >= 15 is 0 Å². The zero-order valence-electron chi connectivity index (χ0n) is 23.2. The van der Waals surface area contributed by atoms with Gasteiger partial charge in [-0.25, -0.2) is 4.99 Å². The number of para-hydroxylation sites is 1. The third-order valence-corrected chi connectivity index (χ3v) is 7.74. The predicted octanol–water partition coefficient (Wildman–Crippen LogP) is 3.14. The van der Waals surface area contributed by atoms with Crippen LogP contribution in [-0.2, 0) is 4.79 Å². The van der Waals surface area contributed by atoms with Gasteiger partial charge in [0.2, 0.25) is 5.75 Å². The van der Waals surface area contributed by atoms with E-state index in [2.05, 4.69) is 0 Å². The second-order valence-corrected chi connectivity index (χ2v) is 9.73. The van der Waals surface area contributed by atoms with E-state index in [1.165, 1.54) is 25.6 Å². The van der Waals surface area contributed by atoms with Crippen LogP contribution in [0, 0.1) is 0 Å². The summed E-state index contributed by atoms with van der Waals surface area (Å²) in [5, 5.41) is 0. The maximum Gasteiger partial charge on any atom is 0.271 e. The van der Waals surface area contributed by atoms with Crippen molar-refractivity contribution in [3.8, 4) is 23.0 Å². The average Bonchev–Trinajstić information content (AvgIpc) is 3.26. The summed E-state index contributed by atoms with van der Waals surface area (Å²) in [7, 11) is 6.19. The molecule has 0 saturated heterocycles. The first kappa shape index (κ1) is 28.0. The van der Waals surface area contributed by atoms with E-state index in [1.807, 2.05) is 45.0 Å². The highest BCUT2D eigenvalue weighted by Crippen LogP contribution is 2.40. The van der Waals surface area contributed by atoms with Crippen LogP contribution >= 0.6 is 11.3 Å². The second kappa shape index (κ2) is 11.8. The van der Waals surface area contributed by atoms with Crippen molar-refractivity contribution >= 4 is 23.3 Å². The van der Waals surface area contributed by atoms with Gasteiger partial charge in [0.1, 0.15) is 11.8 Å². The normalized spacial score (nSPS) is 14.9. The minimum atomic E-state index is -0.708. The Morgan fingerprint density at radius 1 is 0.974 bits per heavy atom. The highest BCUT2D eigenvalue weighted by molar-refractivity contribution is 7.07. The first-order valence-corrected chi connectivity index (χ1v) is 13.4. The number of allylic oxidation sites excluding steroid dienone is 1. The first-order valence-electron chi connectivity index (χ1n) is 12.6. The molecule has 0 fully saturated rings. The van der Waals surface area contributed by atoms with Crippen LogP contribution in [-0.4, -0.2) is 56.9 Å². The number of amides is 1. The Balaban J connectivity index is 2.01. The van der Waals surface area contributed by atoms with Crippen molar-refractivity contribution in [2.45, 2.75) is 26.8 Å². The van der Waals surface area contributed by atoms with Gasteiger partial charge in [-0.2, -0.15) is 0 Å². The molecular weight excluding hydrogens is 518 g/mol. The van der Waals surface area contributed by atoms with Gasteiger partial charge in [-0.05, 0) is 45.0 Å².